The van der Waals surface area contributed by atoms with Gasteiger partial charge in [0.1, 0.15) is 23.4 Å². The zero-order valence-electron chi connectivity index (χ0n) is 18.4. The van der Waals surface area contributed by atoms with Crippen molar-refractivity contribution in [2.75, 3.05) is 6.54 Å². The van der Waals surface area contributed by atoms with Gasteiger partial charge in [-0.1, -0.05) is 63.0 Å². The van der Waals surface area contributed by atoms with Gasteiger partial charge in [-0.05, 0) is 67.1 Å². The van der Waals surface area contributed by atoms with Crippen molar-refractivity contribution in [2.24, 2.45) is 0 Å². The van der Waals surface area contributed by atoms with E-state index in [1.54, 1.807) is 30.3 Å². The second kappa shape index (κ2) is 11.4. The van der Waals surface area contributed by atoms with Gasteiger partial charge in [0.2, 0.25) is 6.54 Å². The largest absolute Gasteiger partial charge is 0.489 e. The average Bonchev–Trinajstić information content (AvgIpc) is 3.19. The summed E-state index contributed by atoms with van der Waals surface area (Å²) < 4.78 is 8.73. The molecular weight excluding hydrogens is 575 g/mol. The quantitative estimate of drug-likeness (QED) is 0.115. The highest BCUT2D eigenvalue weighted by Gasteiger charge is 2.27. The van der Waals surface area contributed by atoms with Crippen LogP contribution in [0.25, 0.3) is 5.69 Å². The van der Waals surface area contributed by atoms with E-state index in [-0.39, 0.29) is 11.5 Å². The number of nitrogens with zero attached hydrogens (tertiary/aromatic N) is 4. The highest BCUT2D eigenvalue weighted by molar-refractivity contribution is 9.10. The Kier molecular flexibility index (Phi) is 8.33. The topological polar surface area (TPSA) is 83.1 Å². The van der Waals surface area contributed by atoms with E-state index in [4.69, 9.17) is 27.9 Å². The molecule has 0 aliphatic carbocycles. The first-order valence-corrected chi connectivity index (χ1v) is 12.9. The lowest BCUT2D eigenvalue weighted by Crippen LogP contribution is -2.12. The Morgan fingerprint density at radius 2 is 1.71 bits per heavy atom. The number of hydrogen-bond acceptors (Lipinski definition) is 6. The van der Waals surface area contributed by atoms with Crippen LogP contribution >= 0.6 is 50.9 Å². The summed E-state index contributed by atoms with van der Waals surface area (Å²) in [5.74, 6) is 1.21. The summed E-state index contributed by atoms with van der Waals surface area (Å²) in [6.07, 6.45) is 0. The fourth-order valence-corrected chi connectivity index (χ4v) is 5.24. The van der Waals surface area contributed by atoms with E-state index in [2.05, 4.69) is 26.1 Å². The van der Waals surface area contributed by atoms with Crippen LogP contribution in [-0.4, -0.2) is 26.2 Å². The molecule has 0 aliphatic heterocycles. The Hall–Kier alpha value is -2.59. The number of thioether (sulfide) groups is 1. The van der Waals surface area contributed by atoms with Crippen LogP contribution in [0.15, 0.2) is 76.4 Å². The molecule has 0 saturated heterocycles. The number of rotatable bonds is 9. The standard InChI is InChI=1S/C24H19BrCl2N4O3S/c1-15-28-29-24(31(15)20-9-7-19(27)8-10-20)35-23(13-30(32)33)21-12-17(25)4-11-22(21)34-14-16-2-5-18(26)6-3-16/h2-12,23H,13-14H2,1H3/t23-/m0/s1. The summed E-state index contributed by atoms with van der Waals surface area (Å²) in [6.45, 7) is 1.79. The first kappa shape index (κ1) is 25.5. The molecule has 1 aromatic heterocycles. The second-order valence-electron chi connectivity index (χ2n) is 7.56. The van der Waals surface area contributed by atoms with E-state index < -0.39 is 5.25 Å². The van der Waals surface area contributed by atoms with Crippen molar-refractivity contribution >= 4 is 50.9 Å². The normalized spacial score (nSPS) is 11.9. The van der Waals surface area contributed by atoms with Crippen molar-refractivity contribution in [1.82, 2.24) is 14.8 Å². The maximum absolute atomic E-state index is 11.6. The Morgan fingerprint density at radius 3 is 2.37 bits per heavy atom. The van der Waals surface area contributed by atoms with Crippen LogP contribution in [0.3, 0.4) is 0 Å². The molecule has 1 atom stereocenters. The van der Waals surface area contributed by atoms with Gasteiger partial charge in [-0.25, -0.2) is 0 Å². The van der Waals surface area contributed by atoms with E-state index in [1.165, 1.54) is 11.8 Å². The third kappa shape index (κ3) is 6.55. The third-order valence-electron chi connectivity index (χ3n) is 5.07. The van der Waals surface area contributed by atoms with Gasteiger partial charge >= 0.3 is 0 Å². The molecule has 35 heavy (non-hydrogen) atoms. The predicted octanol–water partition coefficient (Wildman–Crippen LogP) is 7.33. The number of ether oxygens (including phenoxy) is 1. The summed E-state index contributed by atoms with van der Waals surface area (Å²) in [5.41, 5.74) is 2.42. The molecule has 0 bridgehead atoms. The average molecular weight is 594 g/mol. The van der Waals surface area contributed by atoms with Crippen molar-refractivity contribution in [2.45, 2.75) is 23.9 Å². The van der Waals surface area contributed by atoms with Crippen molar-refractivity contribution in [1.29, 1.82) is 0 Å². The molecule has 7 nitrogen and oxygen atoms in total. The second-order valence-corrected chi connectivity index (χ2v) is 10.5. The Morgan fingerprint density at radius 1 is 1.06 bits per heavy atom. The van der Waals surface area contributed by atoms with E-state index >= 15 is 0 Å². The first-order chi connectivity index (χ1) is 16.8. The molecule has 11 heteroatoms. The molecule has 1 heterocycles. The van der Waals surface area contributed by atoms with Crippen LogP contribution in [0.4, 0.5) is 0 Å². The number of nitro groups is 1. The molecule has 4 rings (SSSR count). The van der Waals surface area contributed by atoms with Crippen LogP contribution in [0, 0.1) is 17.0 Å². The predicted molar refractivity (Wildman–Crippen MR) is 141 cm³/mol. The van der Waals surface area contributed by atoms with Gasteiger partial charge in [0, 0.05) is 30.7 Å². The number of benzene rings is 3. The molecule has 0 N–H and O–H groups in total. The van der Waals surface area contributed by atoms with E-state index in [1.807, 2.05) is 47.9 Å². The van der Waals surface area contributed by atoms with Crippen molar-refractivity contribution < 1.29 is 9.66 Å². The number of hydrogen-bond donors (Lipinski definition) is 0. The smallest absolute Gasteiger partial charge is 0.220 e. The summed E-state index contributed by atoms with van der Waals surface area (Å²) in [4.78, 5) is 11.3. The van der Waals surface area contributed by atoms with E-state index in [0.717, 1.165) is 15.7 Å². The minimum absolute atomic E-state index is 0.293. The minimum Gasteiger partial charge on any atom is -0.489 e. The molecular formula is C24H19BrCl2N4O3S. The van der Waals surface area contributed by atoms with Crippen LogP contribution in [-0.2, 0) is 6.61 Å². The van der Waals surface area contributed by atoms with Crippen LogP contribution < -0.4 is 4.74 Å². The first-order valence-electron chi connectivity index (χ1n) is 10.4. The van der Waals surface area contributed by atoms with Crippen molar-refractivity contribution in [3.05, 3.63) is 108 Å². The number of aromatic nitrogens is 3. The summed E-state index contributed by atoms with van der Waals surface area (Å²) in [5, 5.41) is 21.3. The molecule has 0 spiro atoms. The van der Waals surface area contributed by atoms with Crippen LogP contribution in [0.1, 0.15) is 22.2 Å². The van der Waals surface area contributed by atoms with Crippen LogP contribution in [0.5, 0.6) is 5.75 Å². The van der Waals surface area contributed by atoms with Gasteiger partial charge in [0.05, 0.1) is 0 Å². The molecule has 4 aromatic rings. The van der Waals surface area contributed by atoms with E-state index in [0.29, 0.717) is 38.9 Å². The lowest BCUT2D eigenvalue weighted by atomic mass is 10.1. The molecule has 0 unspecified atom stereocenters. The van der Waals surface area contributed by atoms with Gasteiger partial charge in [0.25, 0.3) is 0 Å². The molecule has 0 fully saturated rings. The van der Waals surface area contributed by atoms with Crippen LogP contribution in [0.2, 0.25) is 10.0 Å². The molecule has 3 aromatic carbocycles. The van der Waals surface area contributed by atoms with Gasteiger partial charge in [-0.15, -0.1) is 10.2 Å². The summed E-state index contributed by atoms with van der Waals surface area (Å²) >= 11 is 16.8. The lowest BCUT2D eigenvalue weighted by Gasteiger charge is -2.18. The summed E-state index contributed by atoms with van der Waals surface area (Å²) in [6, 6.07) is 20.1. The highest BCUT2D eigenvalue weighted by Crippen LogP contribution is 2.41. The number of halogens is 3. The molecule has 180 valence electrons. The van der Waals surface area contributed by atoms with Crippen molar-refractivity contribution in [3.63, 3.8) is 0 Å². The Balaban J connectivity index is 1.67. The molecule has 0 radical (unpaired) electrons. The Labute approximate surface area is 224 Å². The van der Waals surface area contributed by atoms with Gasteiger partial charge < -0.3 is 4.74 Å². The maximum atomic E-state index is 11.6. The monoisotopic (exact) mass is 592 g/mol. The van der Waals surface area contributed by atoms with Gasteiger partial charge in [0.15, 0.2) is 5.16 Å². The maximum Gasteiger partial charge on any atom is 0.220 e. The Bertz CT molecular complexity index is 1330. The fourth-order valence-electron chi connectivity index (χ4n) is 3.41. The van der Waals surface area contributed by atoms with Gasteiger partial charge in [-0.2, -0.15) is 0 Å². The third-order valence-corrected chi connectivity index (χ3v) is 7.23. The zero-order chi connectivity index (χ0) is 24.9. The summed E-state index contributed by atoms with van der Waals surface area (Å²) in [7, 11) is 0. The number of aryl methyl sites for hydroxylation is 1. The molecule has 0 aliphatic rings. The highest BCUT2D eigenvalue weighted by atomic mass is 79.9. The zero-order valence-corrected chi connectivity index (χ0v) is 22.3. The van der Waals surface area contributed by atoms with Crippen molar-refractivity contribution in [3.8, 4) is 11.4 Å². The van der Waals surface area contributed by atoms with E-state index in [9.17, 15) is 10.1 Å². The molecule has 0 amide bonds. The van der Waals surface area contributed by atoms with Gasteiger partial charge in [-0.3, -0.25) is 14.7 Å². The lowest BCUT2D eigenvalue weighted by molar-refractivity contribution is -0.479. The minimum atomic E-state index is -0.586. The fraction of sp³-hybridized carbons (Fsp3) is 0.167. The molecule has 0 saturated carbocycles. The SMILES string of the molecule is Cc1nnc(S[C@@H](C[N+](=O)[O-])c2cc(Br)ccc2OCc2ccc(Cl)cc2)n1-c1ccc(Cl)cc1.